The van der Waals surface area contributed by atoms with Crippen molar-refractivity contribution in [2.45, 2.75) is 38.8 Å². The number of rotatable bonds is 6. The zero-order valence-corrected chi connectivity index (χ0v) is 16.9. The zero-order chi connectivity index (χ0) is 21.1. The maximum absolute atomic E-state index is 13.6. The fraction of sp³-hybridized carbons (Fsp3) is 0.409. The van der Waals surface area contributed by atoms with Gasteiger partial charge in [-0.05, 0) is 49.2 Å². The summed E-state index contributed by atoms with van der Waals surface area (Å²) in [5, 5.41) is 8.67. The monoisotopic (exact) mass is 413 g/mol. The van der Waals surface area contributed by atoms with Gasteiger partial charge in [0.05, 0.1) is 12.2 Å². The molecule has 1 atom stereocenters. The van der Waals surface area contributed by atoms with E-state index in [1.54, 1.807) is 12.3 Å². The summed E-state index contributed by atoms with van der Waals surface area (Å²) in [6.07, 6.45) is 3.77. The van der Waals surface area contributed by atoms with Gasteiger partial charge < -0.3 is 5.32 Å². The smallest absolute Gasteiger partial charge is 0.216 e. The SMILES string of the molecule is CC(=O)NCCn1nc([C@@H]2CCCN(Cc3ccc(F)c(F)c3)C2)c2cccnc21. The molecule has 1 saturated heterocycles. The highest BCUT2D eigenvalue weighted by atomic mass is 19.2. The number of nitrogens with one attached hydrogen (secondary N) is 1. The number of piperidine rings is 1. The van der Waals surface area contributed by atoms with Crippen LogP contribution in [0.2, 0.25) is 0 Å². The van der Waals surface area contributed by atoms with Crippen molar-refractivity contribution >= 4 is 16.9 Å². The average molecular weight is 413 g/mol. The predicted molar refractivity (Wildman–Crippen MR) is 110 cm³/mol. The topological polar surface area (TPSA) is 63.1 Å². The number of hydrogen-bond acceptors (Lipinski definition) is 4. The molecule has 1 aromatic carbocycles. The Balaban J connectivity index is 1.52. The minimum atomic E-state index is -0.820. The van der Waals surface area contributed by atoms with E-state index in [4.69, 9.17) is 5.10 Å². The first kappa shape index (κ1) is 20.4. The second-order valence-electron chi connectivity index (χ2n) is 7.79. The quantitative estimate of drug-likeness (QED) is 0.674. The maximum atomic E-state index is 13.6. The van der Waals surface area contributed by atoms with Crippen LogP contribution in [0.15, 0.2) is 36.5 Å². The van der Waals surface area contributed by atoms with E-state index in [1.165, 1.54) is 19.1 Å². The Morgan fingerprint density at radius 1 is 1.27 bits per heavy atom. The van der Waals surface area contributed by atoms with Crippen LogP contribution < -0.4 is 5.32 Å². The summed E-state index contributed by atoms with van der Waals surface area (Å²) in [6, 6.07) is 8.04. The summed E-state index contributed by atoms with van der Waals surface area (Å²) < 4.78 is 28.6. The summed E-state index contributed by atoms with van der Waals surface area (Å²) in [4.78, 5) is 17.9. The van der Waals surface area contributed by atoms with Gasteiger partial charge in [-0.1, -0.05) is 6.07 Å². The van der Waals surface area contributed by atoms with Crippen LogP contribution in [0.1, 0.15) is 36.9 Å². The number of likely N-dealkylation sites (tertiary alicyclic amines) is 1. The number of benzene rings is 1. The molecular formula is C22H25F2N5O. The fourth-order valence-electron chi connectivity index (χ4n) is 4.15. The van der Waals surface area contributed by atoms with Crippen LogP contribution in [0.4, 0.5) is 8.78 Å². The molecule has 1 aliphatic rings. The molecular weight excluding hydrogens is 388 g/mol. The Morgan fingerprint density at radius 3 is 2.93 bits per heavy atom. The van der Waals surface area contributed by atoms with Crippen molar-refractivity contribution < 1.29 is 13.6 Å². The van der Waals surface area contributed by atoms with Crippen LogP contribution in [-0.4, -0.2) is 45.2 Å². The minimum absolute atomic E-state index is 0.0696. The third-order valence-electron chi connectivity index (χ3n) is 5.52. The number of nitrogens with zero attached hydrogens (tertiary/aromatic N) is 4. The van der Waals surface area contributed by atoms with Gasteiger partial charge in [-0.15, -0.1) is 0 Å². The van der Waals surface area contributed by atoms with Crippen molar-refractivity contribution in [3.05, 3.63) is 59.4 Å². The van der Waals surface area contributed by atoms with Gasteiger partial charge in [0.25, 0.3) is 0 Å². The minimum Gasteiger partial charge on any atom is -0.354 e. The van der Waals surface area contributed by atoms with Crippen LogP contribution in [0.25, 0.3) is 11.0 Å². The molecule has 1 amide bonds. The molecule has 0 aliphatic carbocycles. The number of aromatic nitrogens is 3. The molecule has 6 nitrogen and oxygen atoms in total. The fourth-order valence-corrected chi connectivity index (χ4v) is 4.15. The Morgan fingerprint density at radius 2 is 2.13 bits per heavy atom. The number of fused-ring (bicyclic) bond motifs is 1. The van der Waals surface area contributed by atoms with Crippen molar-refractivity contribution in [2.24, 2.45) is 0 Å². The molecule has 0 radical (unpaired) electrons. The Kier molecular flexibility index (Phi) is 6.03. The summed E-state index contributed by atoms with van der Waals surface area (Å²) in [7, 11) is 0. The summed E-state index contributed by atoms with van der Waals surface area (Å²) in [5.74, 6) is -1.47. The highest BCUT2D eigenvalue weighted by Gasteiger charge is 2.26. The van der Waals surface area contributed by atoms with Crippen molar-refractivity contribution in [1.29, 1.82) is 0 Å². The molecule has 4 rings (SSSR count). The predicted octanol–water partition coefficient (Wildman–Crippen LogP) is 3.23. The standard InChI is InChI=1S/C22H25F2N5O/c1-15(30)25-9-11-29-22-18(5-2-8-26-22)21(27-29)17-4-3-10-28(14-17)13-16-6-7-19(23)20(24)12-16/h2,5-8,12,17H,3-4,9-11,13-14H2,1H3,(H,25,30)/t17-/m1/s1. The van der Waals surface area contributed by atoms with E-state index in [1.807, 2.05) is 16.8 Å². The number of carbonyl (C=O) groups is 1. The van der Waals surface area contributed by atoms with Gasteiger partial charge in [0.15, 0.2) is 17.3 Å². The third-order valence-corrected chi connectivity index (χ3v) is 5.52. The first-order valence-electron chi connectivity index (χ1n) is 10.2. The van der Waals surface area contributed by atoms with Crippen LogP contribution in [-0.2, 0) is 17.9 Å². The van der Waals surface area contributed by atoms with Crippen LogP contribution in [0.3, 0.4) is 0 Å². The molecule has 0 bridgehead atoms. The molecule has 0 unspecified atom stereocenters. The normalized spacial score (nSPS) is 17.4. The molecule has 2 aromatic heterocycles. The lowest BCUT2D eigenvalue weighted by Crippen LogP contribution is -2.34. The van der Waals surface area contributed by atoms with Gasteiger partial charge in [-0.25, -0.2) is 18.4 Å². The number of amides is 1. The Labute approximate surface area is 173 Å². The molecule has 0 saturated carbocycles. The second-order valence-corrected chi connectivity index (χ2v) is 7.79. The molecule has 1 fully saturated rings. The first-order chi connectivity index (χ1) is 14.5. The molecule has 1 aliphatic heterocycles. The zero-order valence-electron chi connectivity index (χ0n) is 16.9. The highest BCUT2D eigenvalue weighted by Crippen LogP contribution is 2.31. The number of carbonyl (C=O) groups excluding carboxylic acids is 1. The maximum Gasteiger partial charge on any atom is 0.216 e. The van der Waals surface area contributed by atoms with E-state index in [0.717, 1.165) is 48.2 Å². The second kappa shape index (κ2) is 8.87. The van der Waals surface area contributed by atoms with Gasteiger partial charge in [0, 0.05) is 44.1 Å². The number of halogens is 2. The first-order valence-corrected chi connectivity index (χ1v) is 10.2. The van der Waals surface area contributed by atoms with Crippen molar-refractivity contribution in [1.82, 2.24) is 25.0 Å². The number of pyridine rings is 1. The molecule has 8 heteroatoms. The average Bonchev–Trinajstić information content (AvgIpc) is 3.10. The van der Waals surface area contributed by atoms with E-state index in [9.17, 15) is 13.6 Å². The largest absolute Gasteiger partial charge is 0.354 e. The lowest BCUT2D eigenvalue weighted by Gasteiger charge is -2.32. The van der Waals surface area contributed by atoms with Gasteiger partial charge in [-0.2, -0.15) is 5.10 Å². The van der Waals surface area contributed by atoms with Crippen LogP contribution >= 0.6 is 0 Å². The van der Waals surface area contributed by atoms with Gasteiger partial charge in [0.2, 0.25) is 5.91 Å². The Hall–Kier alpha value is -2.87. The van der Waals surface area contributed by atoms with Crippen molar-refractivity contribution in [2.75, 3.05) is 19.6 Å². The molecule has 30 heavy (non-hydrogen) atoms. The summed E-state index contributed by atoms with van der Waals surface area (Å²) in [6.45, 7) is 4.83. The third kappa shape index (κ3) is 4.48. The van der Waals surface area contributed by atoms with E-state index in [-0.39, 0.29) is 11.8 Å². The molecule has 1 N–H and O–H groups in total. The van der Waals surface area contributed by atoms with Crippen LogP contribution in [0.5, 0.6) is 0 Å². The van der Waals surface area contributed by atoms with Gasteiger partial charge >= 0.3 is 0 Å². The molecule has 3 aromatic rings. The molecule has 158 valence electrons. The molecule has 3 heterocycles. The number of hydrogen-bond donors (Lipinski definition) is 1. The lowest BCUT2D eigenvalue weighted by molar-refractivity contribution is -0.118. The summed E-state index contributed by atoms with van der Waals surface area (Å²) in [5.41, 5.74) is 2.59. The molecule has 0 spiro atoms. The van der Waals surface area contributed by atoms with Crippen molar-refractivity contribution in [3.8, 4) is 0 Å². The lowest BCUT2D eigenvalue weighted by atomic mass is 9.93. The summed E-state index contributed by atoms with van der Waals surface area (Å²) >= 11 is 0. The van der Waals surface area contributed by atoms with Gasteiger partial charge in [-0.3, -0.25) is 9.69 Å². The van der Waals surface area contributed by atoms with Gasteiger partial charge in [0.1, 0.15) is 0 Å². The van der Waals surface area contributed by atoms with Crippen molar-refractivity contribution in [3.63, 3.8) is 0 Å². The Bertz CT molecular complexity index is 1050. The van der Waals surface area contributed by atoms with E-state index >= 15 is 0 Å². The van der Waals surface area contributed by atoms with E-state index in [2.05, 4.69) is 15.2 Å². The van der Waals surface area contributed by atoms with E-state index < -0.39 is 11.6 Å². The van der Waals surface area contributed by atoms with Crippen LogP contribution in [0, 0.1) is 11.6 Å². The highest BCUT2D eigenvalue weighted by molar-refractivity contribution is 5.79. The van der Waals surface area contributed by atoms with E-state index in [0.29, 0.717) is 19.6 Å².